The molecule has 1 saturated heterocycles. The van der Waals surface area contributed by atoms with E-state index in [1.165, 1.54) is 0 Å². The van der Waals surface area contributed by atoms with Crippen molar-refractivity contribution < 1.29 is 9.47 Å². The fourth-order valence-electron chi connectivity index (χ4n) is 1.91. The van der Waals surface area contributed by atoms with Gasteiger partial charge in [0, 0.05) is 13.2 Å². The highest BCUT2D eigenvalue weighted by Crippen LogP contribution is 2.14. The molecule has 4 heteroatoms. The van der Waals surface area contributed by atoms with Gasteiger partial charge in [-0.2, -0.15) is 5.26 Å². The molecule has 0 aromatic heterocycles. The smallest absolute Gasteiger partial charge is 0.103 e. The van der Waals surface area contributed by atoms with Crippen LogP contribution in [-0.4, -0.2) is 38.5 Å². The third-order valence-corrected chi connectivity index (χ3v) is 3.34. The highest BCUT2D eigenvalue weighted by molar-refractivity contribution is 5.02. The molecule has 0 radical (unpaired) electrons. The van der Waals surface area contributed by atoms with Gasteiger partial charge in [-0.05, 0) is 46.1 Å². The number of nitrogens with one attached hydrogen (secondary N) is 1. The maximum atomic E-state index is 8.97. The molecule has 1 heterocycles. The SMILES string of the molecule is CNC(C)(C#N)CCCCOCC1CCCO1. The Morgan fingerprint density at radius 3 is 2.94 bits per heavy atom. The van der Waals surface area contributed by atoms with Crippen LogP contribution in [0.2, 0.25) is 0 Å². The van der Waals surface area contributed by atoms with Gasteiger partial charge < -0.3 is 14.8 Å². The van der Waals surface area contributed by atoms with E-state index in [0.29, 0.717) is 6.10 Å². The minimum absolute atomic E-state index is 0.316. The summed E-state index contributed by atoms with van der Waals surface area (Å²) in [6.45, 7) is 4.31. The zero-order chi connectivity index (χ0) is 12.6. The fourth-order valence-corrected chi connectivity index (χ4v) is 1.91. The van der Waals surface area contributed by atoms with Gasteiger partial charge in [0.25, 0.3) is 0 Å². The second-order valence-electron chi connectivity index (χ2n) is 4.86. The summed E-state index contributed by atoms with van der Waals surface area (Å²) in [6.07, 6.45) is 5.49. The highest BCUT2D eigenvalue weighted by atomic mass is 16.5. The molecule has 1 aliphatic rings. The standard InChI is InChI=1S/C13H24N2O2/c1-13(11-14,15-2)7-3-4-8-16-10-12-6-5-9-17-12/h12,15H,3-10H2,1-2H3. The van der Waals surface area contributed by atoms with E-state index in [-0.39, 0.29) is 0 Å². The summed E-state index contributed by atoms with van der Waals surface area (Å²) in [5.41, 5.74) is -0.394. The van der Waals surface area contributed by atoms with Gasteiger partial charge in [0.15, 0.2) is 0 Å². The van der Waals surface area contributed by atoms with E-state index >= 15 is 0 Å². The molecule has 1 fully saturated rings. The van der Waals surface area contributed by atoms with E-state index in [0.717, 1.165) is 51.9 Å². The van der Waals surface area contributed by atoms with E-state index < -0.39 is 5.54 Å². The van der Waals surface area contributed by atoms with Crippen LogP contribution >= 0.6 is 0 Å². The molecule has 0 saturated carbocycles. The lowest BCUT2D eigenvalue weighted by Crippen LogP contribution is -2.37. The predicted molar refractivity (Wildman–Crippen MR) is 66.7 cm³/mol. The van der Waals surface area contributed by atoms with Crippen molar-refractivity contribution in [1.82, 2.24) is 5.32 Å². The van der Waals surface area contributed by atoms with E-state index in [2.05, 4.69) is 11.4 Å². The summed E-state index contributed by atoms with van der Waals surface area (Å²) in [6, 6.07) is 2.29. The molecule has 0 aromatic carbocycles. The normalized spacial score (nSPS) is 23.2. The van der Waals surface area contributed by atoms with Crippen LogP contribution in [0.25, 0.3) is 0 Å². The number of nitrogens with zero attached hydrogens (tertiary/aromatic N) is 1. The third-order valence-electron chi connectivity index (χ3n) is 3.34. The number of nitriles is 1. The largest absolute Gasteiger partial charge is 0.379 e. The molecule has 2 unspecified atom stereocenters. The van der Waals surface area contributed by atoms with Crippen LogP contribution in [0.5, 0.6) is 0 Å². The van der Waals surface area contributed by atoms with Crippen molar-refractivity contribution in [3.63, 3.8) is 0 Å². The lowest BCUT2D eigenvalue weighted by atomic mass is 9.97. The van der Waals surface area contributed by atoms with E-state index in [1.54, 1.807) is 0 Å². The molecule has 0 spiro atoms. The van der Waals surface area contributed by atoms with Crippen LogP contribution < -0.4 is 5.32 Å². The van der Waals surface area contributed by atoms with Gasteiger partial charge in [0.05, 0.1) is 18.8 Å². The maximum Gasteiger partial charge on any atom is 0.103 e. The Balaban J connectivity index is 1.95. The lowest BCUT2D eigenvalue weighted by Gasteiger charge is -2.20. The molecule has 0 aromatic rings. The van der Waals surface area contributed by atoms with Gasteiger partial charge in [-0.1, -0.05) is 0 Å². The predicted octanol–water partition coefficient (Wildman–Crippen LogP) is 1.85. The zero-order valence-corrected chi connectivity index (χ0v) is 11.0. The summed E-state index contributed by atoms with van der Waals surface area (Å²) < 4.78 is 11.0. The molecule has 1 rings (SSSR count). The fraction of sp³-hybridized carbons (Fsp3) is 0.923. The van der Waals surface area contributed by atoms with Gasteiger partial charge in [0.2, 0.25) is 0 Å². The molecule has 2 atom stereocenters. The molecule has 1 N–H and O–H groups in total. The van der Waals surface area contributed by atoms with Crippen LogP contribution in [0.1, 0.15) is 39.0 Å². The number of ether oxygens (including phenoxy) is 2. The molecule has 1 aliphatic heterocycles. The first-order valence-electron chi connectivity index (χ1n) is 6.50. The maximum absolute atomic E-state index is 8.97. The monoisotopic (exact) mass is 240 g/mol. The Morgan fingerprint density at radius 1 is 1.53 bits per heavy atom. The van der Waals surface area contributed by atoms with Crippen LogP contribution in [0, 0.1) is 11.3 Å². The second-order valence-corrected chi connectivity index (χ2v) is 4.86. The van der Waals surface area contributed by atoms with Crippen molar-refractivity contribution in [3.8, 4) is 6.07 Å². The first-order valence-corrected chi connectivity index (χ1v) is 6.50. The average Bonchev–Trinajstić information content (AvgIpc) is 2.86. The third kappa shape index (κ3) is 5.49. The van der Waals surface area contributed by atoms with Crippen molar-refractivity contribution in [2.75, 3.05) is 26.9 Å². The number of hydrogen-bond donors (Lipinski definition) is 1. The number of rotatable bonds is 8. The summed E-state index contributed by atoms with van der Waals surface area (Å²) in [4.78, 5) is 0. The topological polar surface area (TPSA) is 54.3 Å². The average molecular weight is 240 g/mol. The Morgan fingerprint density at radius 2 is 2.35 bits per heavy atom. The van der Waals surface area contributed by atoms with Crippen molar-refractivity contribution in [2.45, 2.75) is 50.7 Å². The van der Waals surface area contributed by atoms with Crippen LogP contribution in [0.3, 0.4) is 0 Å². The van der Waals surface area contributed by atoms with Crippen molar-refractivity contribution in [3.05, 3.63) is 0 Å². The van der Waals surface area contributed by atoms with Gasteiger partial charge in [0.1, 0.15) is 5.54 Å². The molecule has 17 heavy (non-hydrogen) atoms. The molecule has 98 valence electrons. The summed E-state index contributed by atoms with van der Waals surface area (Å²) in [7, 11) is 1.83. The number of unbranched alkanes of at least 4 members (excludes halogenated alkanes) is 1. The molecular formula is C13H24N2O2. The van der Waals surface area contributed by atoms with E-state index in [1.807, 2.05) is 14.0 Å². The Bertz CT molecular complexity index is 246. The van der Waals surface area contributed by atoms with Gasteiger partial charge >= 0.3 is 0 Å². The highest BCUT2D eigenvalue weighted by Gasteiger charge is 2.20. The Labute approximate surface area is 104 Å². The summed E-state index contributed by atoms with van der Waals surface area (Å²) in [5, 5.41) is 12.0. The summed E-state index contributed by atoms with van der Waals surface area (Å²) in [5.74, 6) is 0. The van der Waals surface area contributed by atoms with Crippen LogP contribution in [-0.2, 0) is 9.47 Å². The van der Waals surface area contributed by atoms with Crippen molar-refractivity contribution >= 4 is 0 Å². The molecule has 0 amide bonds. The lowest BCUT2D eigenvalue weighted by molar-refractivity contribution is 0.0159. The van der Waals surface area contributed by atoms with Crippen molar-refractivity contribution in [1.29, 1.82) is 5.26 Å². The van der Waals surface area contributed by atoms with E-state index in [9.17, 15) is 0 Å². The Kier molecular flexibility index (Phi) is 6.49. The second kappa shape index (κ2) is 7.65. The quantitative estimate of drug-likeness (QED) is 0.658. The molecule has 0 aliphatic carbocycles. The minimum Gasteiger partial charge on any atom is -0.379 e. The summed E-state index contributed by atoms with van der Waals surface area (Å²) >= 11 is 0. The van der Waals surface area contributed by atoms with Crippen molar-refractivity contribution in [2.24, 2.45) is 0 Å². The molecular weight excluding hydrogens is 216 g/mol. The van der Waals surface area contributed by atoms with Gasteiger partial charge in [-0.15, -0.1) is 0 Å². The first-order chi connectivity index (χ1) is 8.20. The molecule has 0 bridgehead atoms. The van der Waals surface area contributed by atoms with Crippen LogP contribution in [0.15, 0.2) is 0 Å². The van der Waals surface area contributed by atoms with Gasteiger partial charge in [-0.25, -0.2) is 0 Å². The van der Waals surface area contributed by atoms with E-state index in [4.69, 9.17) is 14.7 Å². The van der Waals surface area contributed by atoms with Crippen LogP contribution in [0.4, 0.5) is 0 Å². The molecule has 4 nitrogen and oxygen atoms in total. The zero-order valence-electron chi connectivity index (χ0n) is 11.0. The Hall–Kier alpha value is -0.630. The minimum atomic E-state index is -0.394. The first kappa shape index (κ1) is 14.4. The van der Waals surface area contributed by atoms with Gasteiger partial charge in [-0.3, -0.25) is 0 Å². The number of hydrogen-bond acceptors (Lipinski definition) is 4.